The molecule has 0 bridgehead atoms. The quantitative estimate of drug-likeness (QED) is 0.358. The van der Waals surface area contributed by atoms with Crippen molar-refractivity contribution in [2.24, 2.45) is 0 Å². The van der Waals surface area contributed by atoms with Crippen LogP contribution >= 0.6 is 45.2 Å². The smallest absolute Gasteiger partial charge is 0.342 e. The maximum atomic E-state index is 11.8. The van der Waals surface area contributed by atoms with Gasteiger partial charge in [0.2, 0.25) is 6.79 Å². The Kier molecular flexibility index (Phi) is 5.97. The fourth-order valence-corrected chi connectivity index (χ4v) is 2.76. The van der Waals surface area contributed by atoms with Gasteiger partial charge in [0.15, 0.2) is 0 Å². The minimum Gasteiger partial charge on any atom is -0.424 e. The fourth-order valence-electron chi connectivity index (χ4n) is 1.55. The predicted octanol–water partition coefficient (Wildman–Crippen LogP) is 3.87. The second kappa shape index (κ2) is 7.74. The van der Waals surface area contributed by atoms with Gasteiger partial charge in [-0.05, 0) is 69.4 Å². The average Bonchev–Trinajstić information content (AvgIpc) is 2.48. The maximum absolute atomic E-state index is 11.8. The summed E-state index contributed by atoms with van der Waals surface area (Å²) in [5, 5.41) is 0. The van der Waals surface area contributed by atoms with E-state index >= 15 is 0 Å². The first kappa shape index (κ1) is 16.2. The Morgan fingerprint density at radius 1 is 0.762 bits per heavy atom. The lowest BCUT2D eigenvalue weighted by Crippen LogP contribution is -2.14. The van der Waals surface area contributed by atoms with E-state index in [0.29, 0.717) is 11.1 Å². The molecule has 0 saturated carbocycles. The van der Waals surface area contributed by atoms with E-state index in [-0.39, 0.29) is 0 Å². The van der Waals surface area contributed by atoms with E-state index in [9.17, 15) is 9.59 Å². The summed E-state index contributed by atoms with van der Waals surface area (Å²) in [5.41, 5.74) is 0.895. The van der Waals surface area contributed by atoms with Crippen molar-refractivity contribution in [1.29, 1.82) is 0 Å². The Morgan fingerprint density at radius 3 is 1.52 bits per heavy atom. The van der Waals surface area contributed by atoms with Crippen molar-refractivity contribution in [3.05, 3.63) is 66.8 Å². The van der Waals surface area contributed by atoms with E-state index in [0.717, 1.165) is 7.14 Å². The molecule has 0 saturated heterocycles. The van der Waals surface area contributed by atoms with Crippen LogP contribution in [-0.2, 0) is 9.47 Å². The average molecular weight is 508 g/mol. The number of ether oxygens (including phenoxy) is 2. The zero-order valence-corrected chi connectivity index (χ0v) is 15.0. The molecule has 6 heteroatoms. The minimum absolute atomic E-state index is 0.409. The molecule has 0 heterocycles. The van der Waals surface area contributed by atoms with E-state index in [1.165, 1.54) is 0 Å². The first-order valence-corrected chi connectivity index (χ1v) is 8.08. The molecule has 108 valence electrons. The zero-order chi connectivity index (χ0) is 15.2. The SMILES string of the molecule is O=C(OCOC(=O)c1ccccc1I)c1ccccc1I. The van der Waals surface area contributed by atoms with Gasteiger partial charge < -0.3 is 9.47 Å². The highest BCUT2D eigenvalue weighted by molar-refractivity contribution is 14.1. The first-order chi connectivity index (χ1) is 10.1. The number of carbonyl (C=O) groups is 2. The molecule has 0 aliphatic carbocycles. The van der Waals surface area contributed by atoms with Crippen molar-refractivity contribution in [3.8, 4) is 0 Å². The first-order valence-electron chi connectivity index (χ1n) is 5.93. The molecule has 2 rings (SSSR count). The minimum atomic E-state index is -0.518. The largest absolute Gasteiger partial charge is 0.424 e. The van der Waals surface area contributed by atoms with Crippen LogP contribution in [0.5, 0.6) is 0 Å². The lowest BCUT2D eigenvalue weighted by atomic mass is 10.2. The molecule has 2 aromatic carbocycles. The van der Waals surface area contributed by atoms with Crippen LogP contribution in [0.25, 0.3) is 0 Å². The van der Waals surface area contributed by atoms with Crippen molar-refractivity contribution in [1.82, 2.24) is 0 Å². The van der Waals surface area contributed by atoms with Gasteiger partial charge in [0.05, 0.1) is 11.1 Å². The number of esters is 2. The van der Waals surface area contributed by atoms with Crippen LogP contribution in [0.1, 0.15) is 20.7 Å². The second-order valence-corrected chi connectivity index (χ2v) is 6.27. The molecular formula is C15H10I2O4. The van der Waals surface area contributed by atoms with Crippen molar-refractivity contribution >= 4 is 57.1 Å². The molecule has 4 nitrogen and oxygen atoms in total. The molecule has 0 N–H and O–H groups in total. The van der Waals surface area contributed by atoms with Gasteiger partial charge in [0, 0.05) is 7.14 Å². The van der Waals surface area contributed by atoms with E-state index in [1.54, 1.807) is 36.4 Å². The highest BCUT2D eigenvalue weighted by Gasteiger charge is 2.14. The molecule has 0 unspecified atom stereocenters. The molecule has 0 aliphatic rings. The lowest BCUT2D eigenvalue weighted by molar-refractivity contribution is -0.0168. The topological polar surface area (TPSA) is 52.6 Å². The summed E-state index contributed by atoms with van der Waals surface area (Å²) >= 11 is 4.09. The molecular weight excluding hydrogens is 498 g/mol. The number of rotatable bonds is 4. The molecule has 21 heavy (non-hydrogen) atoms. The van der Waals surface area contributed by atoms with E-state index in [4.69, 9.17) is 9.47 Å². The Hall–Kier alpha value is -1.16. The molecule has 2 aromatic rings. The standard InChI is InChI=1S/C15H10I2O4/c16-12-7-3-1-5-10(12)14(18)20-9-21-15(19)11-6-2-4-8-13(11)17/h1-8H,9H2. The summed E-state index contributed by atoms with van der Waals surface area (Å²) in [6, 6.07) is 14.1. The highest BCUT2D eigenvalue weighted by Crippen LogP contribution is 2.14. The van der Waals surface area contributed by atoms with Crippen molar-refractivity contribution < 1.29 is 19.1 Å². The van der Waals surface area contributed by atoms with Crippen molar-refractivity contribution in [2.45, 2.75) is 0 Å². The molecule has 0 spiro atoms. The molecule has 0 aromatic heterocycles. The second-order valence-electron chi connectivity index (χ2n) is 3.94. The third-order valence-corrected chi connectivity index (χ3v) is 4.45. The summed E-state index contributed by atoms with van der Waals surface area (Å²) in [6.45, 7) is -0.409. The van der Waals surface area contributed by atoms with E-state index in [2.05, 4.69) is 0 Å². The number of halogens is 2. The van der Waals surface area contributed by atoms with Crippen LogP contribution in [0.15, 0.2) is 48.5 Å². The molecule has 0 radical (unpaired) electrons. The third kappa shape index (κ3) is 4.40. The lowest BCUT2D eigenvalue weighted by Gasteiger charge is -2.08. The van der Waals surface area contributed by atoms with Gasteiger partial charge in [-0.15, -0.1) is 0 Å². The summed E-state index contributed by atoms with van der Waals surface area (Å²) in [4.78, 5) is 23.7. The van der Waals surface area contributed by atoms with Crippen LogP contribution < -0.4 is 0 Å². The number of carbonyl (C=O) groups excluding carboxylic acids is 2. The zero-order valence-electron chi connectivity index (χ0n) is 10.7. The van der Waals surface area contributed by atoms with Gasteiger partial charge >= 0.3 is 11.9 Å². The van der Waals surface area contributed by atoms with Gasteiger partial charge in [-0.2, -0.15) is 0 Å². The Morgan fingerprint density at radius 2 is 1.14 bits per heavy atom. The number of hydrogen-bond acceptors (Lipinski definition) is 4. The van der Waals surface area contributed by atoms with E-state index < -0.39 is 18.7 Å². The molecule has 0 fully saturated rings. The monoisotopic (exact) mass is 508 g/mol. The molecule has 0 amide bonds. The Balaban J connectivity index is 1.90. The summed E-state index contributed by atoms with van der Waals surface area (Å²) < 4.78 is 11.5. The van der Waals surface area contributed by atoms with Gasteiger partial charge in [-0.3, -0.25) is 0 Å². The van der Waals surface area contributed by atoms with Crippen LogP contribution in [0.2, 0.25) is 0 Å². The van der Waals surface area contributed by atoms with Crippen LogP contribution in [-0.4, -0.2) is 18.7 Å². The van der Waals surface area contributed by atoms with Crippen molar-refractivity contribution in [2.75, 3.05) is 6.79 Å². The van der Waals surface area contributed by atoms with Crippen LogP contribution in [0.4, 0.5) is 0 Å². The van der Waals surface area contributed by atoms with Crippen LogP contribution in [0, 0.1) is 7.14 Å². The summed E-state index contributed by atoms with van der Waals surface area (Å²) in [5.74, 6) is -1.04. The molecule has 0 atom stereocenters. The summed E-state index contributed by atoms with van der Waals surface area (Å²) in [6.07, 6.45) is 0. The van der Waals surface area contributed by atoms with Crippen LogP contribution in [0.3, 0.4) is 0 Å². The van der Waals surface area contributed by atoms with Gasteiger partial charge in [0.1, 0.15) is 0 Å². The molecule has 0 aliphatic heterocycles. The Bertz CT molecular complexity index is 613. The highest BCUT2D eigenvalue weighted by atomic mass is 127. The van der Waals surface area contributed by atoms with Gasteiger partial charge in [-0.25, -0.2) is 9.59 Å². The fraction of sp³-hybridized carbons (Fsp3) is 0.0667. The van der Waals surface area contributed by atoms with Gasteiger partial charge in [-0.1, -0.05) is 24.3 Å². The maximum Gasteiger partial charge on any atom is 0.342 e. The summed E-state index contributed by atoms with van der Waals surface area (Å²) in [7, 11) is 0. The normalized spacial score (nSPS) is 10.0. The third-order valence-electron chi connectivity index (χ3n) is 2.57. The number of benzene rings is 2. The Labute approximate surface area is 149 Å². The van der Waals surface area contributed by atoms with Crippen molar-refractivity contribution in [3.63, 3.8) is 0 Å². The van der Waals surface area contributed by atoms with E-state index in [1.807, 2.05) is 57.3 Å². The predicted molar refractivity (Wildman–Crippen MR) is 94.0 cm³/mol. The number of hydrogen-bond donors (Lipinski definition) is 0. The van der Waals surface area contributed by atoms with Gasteiger partial charge in [0.25, 0.3) is 0 Å².